The minimum atomic E-state index is -0.463. The number of methoxy groups -OCH3 is 1. The van der Waals surface area contributed by atoms with Crippen LogP contribution in [-0.4, -0.2) is 25.5 Å². The van der Waals surface area contributed by atoms with Crippen LogP contribution >= 0.6 is 55.1 Å². The van der Waals surface area contributed by atoms with Crippen LogP contribution in [0.3, 0.4) is 0 Å². The van der Waals surface area contributed by atoms with E-state index in [9.17, 15) is 0 Å². The number of nitrogens with one attached hydrogen (secondary N) is 1. The van der Waals surface area contributed by atoms with E-state index < -0.39 is 6.10 Å². The molecule has 286 valence electrons. The standard InChI is InChI=1S/C45H56Br2Cl2N2O2/c1-9-29(25-45(5,6)7)41(51-42-36(48)19-14-20-37(42)49)38(26-50-28(4)22-21-27(2)3)53-44-35(47)24-31-16-11-13-18-33(31)40(44)39-32-17-12-10-15-30(32)23-34(46)43(39)52-8/h14,19-24,29,38,50H,9-13,15-18,25-26H2,1-8H3/b28-22-,51-41?/t29?,38-/m0/s1. The molecule has 3 aromatic rings. The number of hydrogen-bond acceptors (Lipinski definition) is 4. The van der Waals surface area contributed by atoms with Gasteiger partial charge in [-0.05, 0) is 175 Å². The molecule has 4 nitrogen and oxygen atoms in total. The van der Waals surface area contributed by atoms with Crippen LogP contribution in [0.1, 0.15) is 109 Å². The van der Waals surface area contributed by atoms with E-state index >= 15 is 0 Å². The quantitative estimate of drug-likeness (QED) is 0.137. The smallest absolute Gasteiger partial charge is 0.154 e. The van der Waals surface area contributed by atoms with E-state index in [1.807, 2.05) is 18.2 Å². The normalized spacial score (nSPS) is 16.0. The van der Waals surface area contributed by atoms with Crippen molar-refractivity contribution >= 4 is 66.5 Å². The van der Waals surface area contributed by atoms with Crippen LogP contribution in [0.15, 0.2) is 67.7 Å². The first kappa shape index (κ1) is 41.9. The largest absolute Gasteiger partial charge is 0.495 e. The summed E-state index contributed by atoms with van der Waals surface area (Å²) in [6.07, 6.45) is 14.4. The Bertz CT molecular complexity index is 1870. The van der Waals surface area contributed by atoms with Crippen molar-refractivity contribution in [2.75, 3.05) is 13.7 Å². The molecule has 8 heteroatoms. The molecule has 0 aromatic heterocycles. The van der Waals surface area contributed by atoms with Crippen molar-refractivity contribution in [3.63, 3.8) is 0 Å². The fraction of sp³-hybridized carbons (Fsp3) is 0.489. The summed E-state index contributed by atoms with van der Waals surface area (Å²) in [6, 6.07) is 10.1. The molecular formula is C45H56Br2Cl2N2O2. The second kappa shape index (κ2) is 18.6. The molecular weight excluding hydrogens is 831 g/mol. The van der Waals surface area contributed by atoms with Gasteiger partial charge in [0.1, 0.15) is 17.2 Å². The zero-order valence-corrected chi connectivity index (χ0v) is 37.4. The fourth-order valence-corrected chi connectivity index (χ4v) is 9.53. The van der Waals surface area contributed by atoms with E-state index in [4.69, 9.17) is 37.7 Å². The Kier molecular flexibility index (Phi) is 14.7. The van der Waals surface area contributed by atoms with Crippen molar-refractivity contribution in [2.45, 2.75) is 119 Å². The first-order chi connectivity index (χ1) is 25.2. The zero-order valence-electron chi connectivity index (χ0n) is 32.7. The topological polar surface area (TPSA) is 42.9 Å². The Hall–Kier alpha value is -2.25. The lowest BCUT2D eigenvalue weighted by molar-refractivity contribution is 0.247. The number of hydrogen-bond donors (Lipinski definition) is 1. The molecule has 1 N–H and O–H groups in total. The second-order valence-corrected chi connectivity index (χ2v) is 18.6. The van der Waals surface area contributed by atoms with Gasteiger partial charge in [0.2, 0.25) is 0 Å². The molecule has 1 unspecified atom stereocenters. The average Bonchev–Trinajstić information content (AvgIpc) is 3.11. The molecule has 0 spiro atoms. The lowest BCUT2D eigenvalue weighted by atomic mass is 9.79. The van der Waals surface area contributed by atoms with Crippen molar-refractivity contribution in [3.8, 4) is 22.6 Å². The minimum absolute atomic E-state index is 0.0449. The van der Waals surface area contributed by atoms with Crippen molar-refractivity contribution in [1.29, 1.82) is 0 Å². The molecule has 0 heterocycles. The highest BCUT2D eigenvalue weighted by Gasteiger charge is 2.34. The van der Waals surface area contributed by atoms with E-state index in [0.717, 1.165) is 94.3 Å². The van der Waals surface area contributed by atoms with Gasteiger partial charge in [0.05, 0.1) is 38.4 Å². The number of aryl methyl sites for hydroxylation is 2. The van der Waals surface area contributed by atoms with E-state index in [0.29, 0.717) is 22.3 Å². The monoisotopic (exact) mass is 884 g/mol. The molecule has 0 aliphatic heterocycles. The van der Waals surface area contributed by atoms with Gasteiger partial charge in [-0.3, -0.25) is 4.99 Å². The lowest BCUT2D eigenvalue weighted by Crippen LogP contribution is -2.42. The molecule has 53 heavy (non-hydrogen) atoms. The maximum atomic E-state index is 7.57. The summed E-state index contributed by atoms with van der Waals surface area (Å²) in [4.78, 5) is 5.41. The molecule has 2 atom stereocenters. The fourth-order valence-electron chi connectivity index (χ4n) is 7.84. The summed E-state index contributed by atoms with van der Waals surface area (Å²) in [5, 5.41) is 4.76. The third-order valence-electron chi connectivity index (χ3n) is 10.3. The van der Waals surface area contributed by atoms with Gasteiger partial charge < -0.3 is 14.8 Å². The van der Waals surface area contributed by atoms with Crippen LogP contribution in [0.4, 0.5) is 5.69 Å². The number of ether oxygens (including phenoxy) is 2. The van der Waals surface area contributed by atoms with Crippen molar-refractivity contribution < 1.29 is 9.47 Å². The summed E-state index contributed by atoms with van der Waals surface area (Å²) < 4.78 is 15.8. The Morgan fingerprint density at radius 1 is 0.868 bits per heavy atom. The van der Waals surface area contributed by atoms with Crippen molar-refractivity contribution in [1.82, 2.24) is 5.32 Å². The molecule has 3 aromatic carbocycles. The molecule has 2 aliphatic carbocycles. The highest BCUT2D eigenvalue weighted by molar-refractivity contribution is 9.11. The number of allylic oxidation sites excluding steroid dienone is 4. The van der Waals surface area contributed by atoms with Crippen molar-refractivity contribution in [3.05, 3.63) is 95.0 Å². The van der Waals surface area contributed by atoms with E-state index in [2.05, 4.69) is 110 Å². The molecule has 0 radical (unpaired) electrons. The second-order valence-electron chi connectivity index (χ2n) is 16.1. The summed E-state index contributed by atoms with van der Waals surface area (Å²) in [5.74, 6) is 1.80. The van der Waals surface area contributed by atoms with Crippen LogP contribution in [0.2, 0.25) is 10.0 Å². The molecule has 0 amide bonds. The van der Waals surface area contributed by atoms with Crippen LogP contribution < -0.4 is 14.8 Å². The van der Waals surface area contributed by atoms with Crippen LogP contribution in [-0.2, 0) is 25.7 Å². The average molecular weight is 888 g/mol. The Morgan fingerprint density at radius 2 is 1.42 bits per heavy atom. The molecule has 0 fully saturated rings. The minimum Gasteiger partial charge on any atom is -0.495 e. The van der Waals surface area contributed by atoms with Gasteiger partial charge in [-0.15, -0.1) is 0 Å². The number of rotatable bonds is 13. The highest BCUT2D eigenvalue weighted by atomic mass is 79.9. The number of halogens is 4. The Balaban J connectivity index is 1.80. The maximum absolute atomic E-state index is 7.57. The predicted octanol–water partition coefficient (Wildman–Crippen LogP) is 14.4. The van der Waals surface area contributed by atoms with Gasteiger partial charge in [-0.25, -0.2) is 0 Å². The van der Waals surface area contributed by atoms with E-state index in [1.54, 1.807) is 7.11 Å². The number of benzene rings is 3. The van der Waals surface area contributed by atoms with Gasteiger partial charge in [-0.1, -0.05) is 68.6 Å². The van der Waals surface area contributed by atoms with Gasteiger partial charge in [0.15, 0.2) is 6.10 Å². The zero-order chi connectivity index (χ0) is 38.4. The molecule has 0 bridgehead atoms. The maximum Gasteiger partial charge on any atom is 0.154 e. The summed E-state index contributed by atoms with van der Waals surface area (Å²) in [6.45, 7) is 15.9. The highest BCUT2D eigenvalue weighted by Crippen LogP contribution is 2.52. The van der Waals surface area contributed by atoms with Gasteiger partial charge >= 0.3 is 0 Å². The molecule has 0 saturated heterocycles. The van der Waals surface area contributed by atoms with E-state index in [1.165, 1.54) is 40.7 Å². The van der Waals surface area contributed by atoms with Crippen LogP contribution in [0.5, 0.6) is 11.5 Å². The SMILES string of the molecule is CCC(CC(C)(C)C)C(=Nc1c(Cl)cccc1Cl)[C@H](CN/C(C)=C\C=C(C)C)Oc1c(Br)cc2c(c1-c1c3c(cc(Br)c1OC)CCCC3)CCCC2. The lowest BCUT2D eigenvalue weighted by Gasteiger charge is -2.33. The summed E-state index contributed by atoms with van der Waals surface area (Å²) >= 11 is 21.7. The Labute approximate surface area is 345 Å². The van der Waals surface area contributed by atoms with Gasteiger partial charge in [0.25, 0.3) is 0 Å². The Morgan fingerprint density at radius 3 is 1.94 bits per heavy atom. The first-order valence-electron chi connectivity index (χ1n) is 19.2. The number of nitrogens with zero attached hydrogens (tertiary/aromatic N) is 1. The number of fused-ring (bicyclic) bond motifs is 2. The van der Waals surface area contributed by atoms with Crippen LogP contribution in [0, 0.1) is 11.3 Å². The third kappa shape index (κ3) is 10.3. The van der Waals surface area contributed by atoms with Gasteiger partial charge in [0, 0.05) is 22.7 Å². The third-order valence-corrected chi connectivity index (χ3v) is 12.1. The van der Waals surface area contributed by atoms with Gasteiger partial charge in [-0.2, -0.15) is 0 Å². The molecule has 2 aliphatic rings. The van der Waals surface area contributed by atoms with Crippen molar-refractivity contribution in [2.24, 2.45) is 16.3 Å². The number of para-hydroxylation sites is 1. The van der Waals surface area contributed by atoms with E-state index in [-0.39, 0.29) is 11.3 Å². The first-order valence-corrected chi connectivity index (χ1v) is 21.5. The summed E-state index contributed by atoms with van der Waals surface area (Å²) in [7, 11) is 1.79. The summed E-state index contributed by atoms with van der Waals surface area (Å²) in [5.41, 5.74) is 11.6. The molecule has 0 saturated carbocycles. The molecule has 5 rings (SSSR count). The van der Waals surface area contributed by atoms with Crippen LogP contribution in [0.25, 0.3) is 11.1 Å². The predicted molar refractivity (Wildman–Crippen MR) is 234 cm³/mol. The number of aliphatic imine (C=N–C) groups is 1.